The first kappa shape index (κ1) is 15.5. The van der Waals surface area contributed by atoms with Gasteiger partial charge < -0.3 is 14.8 Å². The number of rotatable bonds is 5. The number of carbonyl (C=O) groups is 2. The molecule has 6 heteroatoms. The summed E-state index contributed by atoms with van der Waals surface area (Å²) >= 11 is 0. The normalized spacial score (nSPS) is 16.6. The molecule has 122 valence electrons. The molecule has 0 aliphatic heterocycles. The Morgan fingerprint density at radius 1 is 1.35 bits per heavy atom. The Labute approximate surface area is 133 Å². The van der Waals surface area contributed by atoms with Crippen LogP contribution < -0.4 is 5.32 Å². The van der Waals surface area contributed by atoms with E-state index in [0.717, 1.165) is 12.8 Å². The number of hydrogen-bond acceptors (Lipinski definition) is 4. The fourth-order valence-electron chi connectivity index (χ4n) is 3.23. The number of nitrogens with zero attached hydrogens (tertiary/aromatic N) is 1. The van der Waals surface area contributed by atoms with Crippen molar-refractivity contribution in [2.45, 2.75) is 45.4 Å². The van der Waals surface area contributed by atoms with Gasteiger partial charge in [-0.3, -0.25) is 9.59 Å². The largest absolute Gasteiger partial charge is 0.481 e. The number of amides is 1. The van der Waals surface area contributed by atoms with Gasteiger partial charge in [0.05, 0.1) is 5.41 Å². The van der Waals surface area contributed by atoms with Crippen LogP contribution >= 0.6 is 0 Å². The highest BCUT2D eigenvalue weighted by Crippen LogP contribution is 2.41. The zero-order valence-corrected chi connectivity index (χ0v) is 13.1. The first-order valence-electron chi connectivity index (χ1n) is 7.95. The highest BCUT2D eigenvalue weighted by molar-refractivity contribution is 5.95. The van der Waals surface area contributed by atoms with E-state index in [0.29, 0.717) is 41.9 Å². The number of aliphatic carboxylic acids is 1. The molecule has 0 unspecified atom stereocenters. The molecule has 0 spiro atoms. The summed E-state index contributed by atoms with van der Waals surface area (Å²) in [5, 5.41) is 12.2. The van der Waals surface area contributed by atoms with Crippen molar-refractivity contribution in [1.29, 1.82) is 0 Å². The number of nitrogens with one attached hydrogen (secondary N) is 1. The predicted molar refractivity (Wildman–Crippen MR) is 85.2 cm³/mol. The maximum absolute atomic E-state index is 12.3. The van der Waals surface area contributed by atoms with Gasteiger partial charge in [-0.15, -0.1) is 0 Å². The van der Waals surface area contributed by atoms with Gasteiger partial charge in [0.2, 0.25) is 5.91 Å². The average molecular weight is 316 g/mol. The predicted octanol–water partition coefficient (Wildman–Crippen LogP) is 3.36. The Morgan fingerprint density at radius 2 is 2.09 bits per heavy atom. The number of hydrogen-bond donors (Lipinski definition) is 2. The van der Waals surface area contributed by atoms with Crippen molar-refractivity contribution in [2.75, 3.05) is 5.32 Å². The molecule has 0 radical (unpaired) electrons. The maximum Gasteiger partial charge on any atom is 0.310 e. The van der Waals surface area contributed by atoms with Crippen LogP contribution in [0, 0.1) is 5.41 Å². The Hall–Kier alpha value is -2.37. The van der Waals surface area contributed by atoms with E-state index in [-0.39, 0.29) is 12.3 Å². The summed E-state index contributed by atoms with van der Waals surface area (Å²) in [6.45, 7) is 1.96. The van der Waals surface area contributed by atoms with Crippen molar-refractivity contribution in [1.82, 2.24) is 4.98 Å². The number of aromatic nitrogens is 1. The van der Waals surface area contributed by atoms with Crippen molar-refractivity contribution in [3.63, 3.8) is 0 Å². The molecule has 1 amide bonds. The number of oxazole rings is 1. The van der Waals surface area contributed by atoms with Crippen LogP contribution in [-0.4, -0.2) is 22.0 Å². The second-order valence-electron chi connectivity index (χ2n) is 6.16. The van der Waals surface area contributed by atoms with Crippen LogP contribution in [-0.2, 0) is 16.0 Å². The lowest BCUT2D eigenvalue weighted by molar-refractivity contribution is -0.150. The summed E-state index contributed by atoms with van der Waals surface area (Å²) in [4.78, 5) is 28.1. The van der Waals surface area contributed by atoms with Gasteiger partial charge in [0.25, 0.3) is 0 Å². The third-order valence-electron chi connectivity index (χ3n) is 4.53. The van der Waals surface area contributed by atoms with Gasteiger partial charge in [-0.2, -0.15) is 0 Å². The number of fused-ring (bicyclic) bond motifs is 1. The van der Waals surface area contributed by atoms with E-state index in [9.17, 15) is 14.7 Å². The molecule has 1 fully saturated rings. The number of carbonyl (C=O) groups excluding carboxylic acids is 1. The van der Waals surface area contributed by atoms with Gasteiger partial charge in [0.15, 0.2) is 11.5 Å². The quantitative estimate of drug-likeness (QED) is 0.882. The van der Waals surface area contributed by atoms with Gasteiger partial charge in [-0.05, 0) is 31.0 Å². The Morgan fingerprint density at radius 3 is 2.74 bits per heavy atom. The van der Waals surface area contributed by atoms with Crippen LogP contribution in [0.3, 0.4) is 0 Å². The molecule has 6 nitrogen and oxygen atoms in total. The van der Waals surface area contributed by atoms with Crippen LogP contribution in [0.5, 0.6) is 0 Å². The van der Waals surface area contributed by atoms with E-state index in [1.165, 1.54) is 0 Å². The van der Waals surface area contributed by atoms with Gasteiger partial charge in [0, 0.05) is 18.5 Å². The molecule has 0 saturated heterocycles. The Balaban J connectivity index is 1.73. The second-order valence-corrected chi connectivity index (χ2v) is 6.16. The lowest BCUT2D eigenvalue weighted by Gasteiger charge is -2.22. The lowest BCUT2D eigenvalue weighted by atomic mass is 9.82. The molecule has 2 N–H and O–H groups in total. The van der Waals surface area contributed by atoms with Gasteiger partial charge in [-0.25, -0.2) is 4.98 Å². The van der Waals surface area contributed by atoms with Gasteiger partial charge in [-0.1, -0.05) is 19.8 Å². The van der Waals surface area contributed by atoms with Crippen molar-refractivity contribution in [3.8, 4) is 0 Å². The fraction of sp³-hybridized carbons (Fsp3) is 0.471. The van der Waals surface area contributed by atoms with Crippen molar-refractivity contribution in [3.05, 3.63) is 24.1 Å². The Kier molecular flexibility index (Phi) is 4.07. The summed E-state index contributed by atoms with van der Waals surface area (Å²) in [6, 6.07) is 5.25. The second kappa shape index (κ2) is 6.02. The number of aryl methyl sites for hydroxylation is 1. The summed E-state index contributed by atoms with van der Waals surface area (Å²) in [5.41, 5.74) is 1.07. The molecule has 1 heterocycles. The molecule has 2 aromatic rings. The first-order valence-corrected chi connectivity index (χ1v) is 7.95. The molecule has 3 rings (SSSR count). The zero-order valence-electron chi connectivity index (χ0n) is 13.1. The minimum atomic E-state index is -0.905. The molecule has 0 atom stereocenters. The molecule has 1 aliphatic carbocycles. The first-order chi connectivity index (χ1) is 11.0. The minimum absolute atomic E-state index is 0.0133. The summed E-state index contributed by atoms with van der Waals surface area (Å²) in [6.07, 6.45) is 3.58. The number of anilines is 1. The van der Waals surface area contributed by atoms with E-state index >= 15 is 0 Å². The third kappa shape index (κ3) is 3.06. The van der Waals surface area contributed by atoms with Crippen molar-refractivity contribution >= 4 is 28.7 Å². The van der Waals surface area contributed by atoms with Crippen molar-refractivity contribution < 1.29 is 19.1 Å². The molecular weight excluding hydrogens is 296 g/mol. The summed E-state index contributed by atoms with van der Waals surface area (Å²) in [5.74, 6) is -0.489. The third-order valence-corrected chi connectivity index (χ3v) is 4.53. The number of benzene rings is 1. The van der Waals surface area contributed by atoms with E-state index < -0.39 is 11.4 Å². The molecule has 23 heavy (non-hydrogen) atoms. The van der Waals surface area contributed by atoms with Crippen LogP contribution in [0.2, 0.25) is 0 Å². The molecule has 1 aromatic carbocycles. The summed E-state index contributed by atoms with van der Waals surface area (Å²) in [7, 11) is 0. The molecule has 1 saturated carbocycles. The monoisotopic (exact) mass is 316 g/mol. The summed E-state index contributed by atoms with van der Waals surface area (Å²) < 4.78 is 5.53. The van der Waals surface area contributed by atoms with E-state index in [2.05, 4.69) is 10.3 Å². The smallest absolute Gasteiger partial charge is 0.310 e. The molecule has 0 bridgehead atoms. The highest BCUT2D eigenvalue weighted by Gasteiger charge is 2.42. The molecular formula is C17H20N2O4. The molecule has 1 aromatic heterocycles. The zero-order chi connectivity index (χ0) is 16.4. The molecule has 1 aliphatic rings. The average Bonchev–Trinajstić information content (AvgIpc) is 3.13. The maximum atomic E-state index is 12.3. The number of carboxylic acids is 1. The van der Waals surface area contributed by atoms with Crippen LogP contribution in [0.15, 0.2) is 22.6 Å². The van der Waals surface area contributed by atoms with Crippen LogP contribution in [0.25, 0.3) is 11.1 Å². The standard InChI is InChI=1S/C17H20N2O4/c1-2-15-19-12-9-11(5-6-13(12)23-15)18-14(20)10-17(16(21)22)7-3-4-8-17/h5-6,9H,2-4,7-8,10H2,1H3,(H,18,20)(H,21,22). The van der Waals surface area contributed by atoms with E-state index in [4.69, 9.17) is 4.42 Å². The fourth-order valence-corrected chi connectivity index (χ4v) is 3.23. The minimum Gasteiger partial charge on any atom is -0.481 e. The van der Waals surface area contributed by atoms with Gasteiger partial charge in [0.1, 0.15) is 5.52 Å². The van der Waals surface area contributed by atoms with E-state index in [1.54, 1.807) is 18.2 Å². The van der Waals surface area contributed by atoms with E-state index in [1.807, 2.05) is 6.92 Å². The van der Waals surface area contributed by atoms with Gasteiger partial charge >= 0.3 is 5.97 Å². The SMILES string of the molecule is CCc1nc2cc(NC(=O)CC3(C(=O)O)CCCC3)ccc2o1. The lowest BCUT2D eigenvalue weighted by Crippen LogP contribution is -2.32. The van der Waals surface area contributed by atoms with Crippen LogP contribution in [0.1, 0.15) is 44.9 Å². The van der Waals surface area contributed by atoms with Crippen LogP contribution in [0.4, 0.5) is 5.69 Å². The highest BCUT2D eigenvalue weighted by atomic mass is 16.4. The Bertz CT molecular complexity index is 744. The number of carboxylic acid groups (broad SMARTS) is 1. The topological polar surface area (TPSA) is 92.4 Å². The van der Waals surface area contributed by atoms with Crippen molar-refractivity contribution in [2.24, 2.45) is 5.41 Å².